The van der Waals surface area contributed by atoms with Crippen molar-refractivity contribution in [3.05, 3.63) is 109 Å². The summed E-state index contributed by atoms with van der Waals surface area (Å²) in [5.41, 5.74) is 5.80. The number of ether oxygens (including phenoxy) is 1. The van der Waals surface area contributed by atoms with Crippen LogP contribution in [-0.4, -0.2) is 55.9 Å². The summed E-state index contributed by atoms with van der Waals surface area (Å²) in [4.78, 5) is 5.04. The fraction of sp³-hybridized carbons (Fsp3) is 0.212. The monoisotopic (exact) mass is 664 g/mol. The molecule has 0 aromatic heterocycles. The van der Waals surface area contributed by atoms with E-state index in [0.717, 1.165) is 38.5 Å². The Kier molecular flexibility index (Phi) is 8.94. The van der Waals surface area contributed by atoms with Crippen molar-refractivity contribution in [1.29, 1.82) is 0 Å². The van der Waals surface area contributed by atoms with E-state index in [4.69, 9.17) is 4.74 Å². The van der Waals surface area contributed by atoms with Gasteiger partial charge in [0.15, 0.2) is 11.6 Å². The summed E-state index contributed by atoms with van der Waals surface area (Å²) in [5, 5.41) is -0.283. The molecule has 4 aromatic rings. The Labute approximate surface area is 267 Å². The first-order valence-corrected chi connectivity index (χ1v) is 18.5. The Hall–Kier alpha value is -3.81. The predicted molar refractivity (Wildman–Crippen MR) is 179 cm³/mol. The zero-order valence-corrected chi connectivity index (χ0v) is 26.6. The quantitative estimate of drug-likeness (QED) is 0.171. The lowest BCUT2D eigenvalue weighted by molar-refractivity contribution is 0.434. The molecular weight excluding hydrogens is 633 g/mol. The molecule has 0 amide bonds. The molecule has 2 aliphatic rings. The molecule has 0 aliphatic carbocycles. The van der Waals surface area contributed by atoms with Crippen molar-refractivity contribution in [2.45, 2.75) is 23.1 Å². The predicted octanol–water partition coefficient (Wildman–Crippen LogP) is 6.56. The van der Waals surface area contributed by atoms with Gasteiger partial charge in [0.2, 0.25) is 0 Å². The number of thioether (sulfide) groups is 1. The Morgan fingerprint density at radius 2 is 1.24 bits per heavy atom. The number of fused-ring (bicyclic) bond motifs is 2. The molecule has 0 bridgehead atoms. The molecule has 1 atom stereocenters. The molecule has 1 unspecified atom stereocenters. The molecule has 0 radical (unpaired) electrons. The number of benzene rings is 4. The maximum Gasteiger partial charge on any atom is 0.264 e. The molecule has 4 aromatic carbocycles. The van der Waals surface area contributed by atoms with Gasteiger partial charge >= 0.3 is 0 Å². The van der Waals surface area contributed by atoms with Gasteiger partial charge in [-0.1, -0.05) is 84.6 Å². The van der Waals surface area contributed by atoms with Crippen molar-refractivity contribution in [1.82, 2.24) is 0 Å². The fourth-order valence-electron chi connectivity index (χ4n) is 5.56. The van der Waals surface area contributed by atoms with Gasteiger partial charge in [-0.15, -0.1) is 0 Å². The van der Waals surface area contributed by atoms with Gasteiger partial charge < -0.3 is 14.5 Å². The molecule has 2 heterocycles. The topological polar surface area (TPSA) is 124 Å². The molecule has 45 heavy (non-hydrogen) atoms. The van der Waals surface area contributed by atoms with E-state index >= 15 is 0 Å². The zero-order valence-electron chi connectivity index (χ0n) is 24.2. The van der Waals surface area contributed by atoms with Crippen LogP contribution < -0.4 is 14.5 Å². The SMILES string of the molecule is O=S(=O)(O)CCCN1C(=CC2Sc3ccc(-c4ccccc4)cc3N2CCCS(=O)(=O)O)Oc2ccc(-c3ccccc3)cc21. The molecule has 9 nitrogen and oxygen atoms in total. The molecule has 0 saturated carbocycles. The number of hydrogen-bond donors (Lipinski definition) is 2. The van der Waals surface area contributed by atoms with Crippen molar-refractivity contribution in [3.63, 3.8) is 0 Å². The highest BCUT2D eigenvalue weighted by molar-refractivity contribution is 8.00. The summed E-state index contributed by atoms with van der Waals surface area (Å²) in [7, 11) is -8.28. The molecule has 2 aliphatic heterocycles. The first kappa shape index (κ1) is 31.2. The van der Waals surface area contributed by atoms with E-state index in [2.05, 4.69) is 23.1 Å². The highest BCUT2D eigenvalue weighted by Gasteiger charge is 2.34. The van der Waals surface area contributed by atoms with Gasteiger partial charge in [0.25, 0.3) is 20.2 Å². The standard InChI is InChI=1S/C33H32N2O7S3/c36-44(37,38)19-7-17-34-28-21-26(24-9-3-1-4-10-24)13-15-30(28)42-32(34)23-33-35(18-8-20-45(39,40)41)29-22-27(14-16-31(29)43-33)25-11-5-2-6-12-25/h1-6,9-16,21-23,33H,7-8,17-20H2,(H,36,37,38)(H,39,40,41). The van der Waals surface area contributed by atoms with Crippen LogP contribution in [0.15, 0.2) is 114 Å². The molecule has 0 fully saturated rings. The Morgan fingerprint density at radius 3 is 1.84 bits per heavy atom. The second kappa shape index (κ2) is 12.9. The smallest absolute Gasteiger partial charge is 0.264 e. The van der Waals surface area contributed by atoms with Crippen LogP contribution in [0.1, 0.15) is 12.8 Å². The molecule has 0 saturated heterocycles. The Balaban J connectivity index is 1.35. The average molecular weight is 665 g/mol. The third-order valence-electron chi connectivity index (χ3n) is 7.64. The van der Waals surface area contributed by atoms with Crippen molar-refractivity contribution in [2.75, 3.05) is 34.4 Å². The van der Waals surface area contributed by atoms with Crippen LogP contribution in [0.5, 0.6) is 5.75 Å². The second-order valence-electron chi connectivity index (χ2n) is 10.8. The molecule has 12 heteroatoms. The van der Waals surface area contributed by atoms with Crippen LogP contribution in [0.3, 0.4) is 0 Å². The highest BCUT2D eigenvalue weighted by atomic mass is 32.2. The average Bonchev–Trinajstić information content (AvgIpc) is 3.53. The number of anilines is 2. The van der Waals surface area contributed by atoms with Crippen LogP contribution in [-0.2, 0) is 20.2 Å². The maximum absolute atomic E-state index is 11.6. The third-order valence-corrected chi connectivity index (χ3v) is 10.5. The van der Waals surface area contributed by atoms with E-state index in [1.54, 1.807) is 11.8 Å². The molecule has 0 spiro atoms. The summed E-state index contributed by atoms with van der Waals surface area (Å²) < 4.78 is 71.3. The third kappa shape index (κ3) is 7.54. The van der Waals surface area contributed by atoms with Crippen molar-refractivity contribution < 1.29 is 30.7 Å². The highest BCUT2D eigenvalue weighted by Crippen LogP contribution is 2.48. The Morgan fingerprint density at radius 1 is 0.689 bits per heavy atom. The molecule has 2 N–H and O–H groups in total. The van der Waals surface area contributed by atoms with Gasteiger partial charge in [-0.2, -0.15) is 16.8 Å². The van der Waals surface area contributed by atoms with E-state index in [0.29, 0.717) is 18.2 Å². The van der Waals surface area contributed by atoms with E-state index < -0.39 is 26.0 Å². The zero-order chi connectivity index (χ0) is 31.6. The lowest BCUT2D eigenvalue weighted by Crippen LogP contribution is -2.32. The fourth-order valence-corrected chi connectivity index (χ4v) is 7.79. The summed E-state index contributed by atoms with van der Waals surface area (Å²) in [6, 6.07) is 31.9. The minimum absolute atomic E-state index is 0.172. The van der Waals surface area contributed by atoms with Crippen molar-refractivity contribution in [3.8, 4) is 28.0 Å². The van der Waals surface area contributed by atoms with Crippen molar-refractivity contribution in [2.24, 2.45) is 0 Å². The molecule has 6 rings (SSSR count). The number of hydrogen-bond acceptors (Lipinski definition) is 8. The minimum Gasteiger partial charge on any atom is -0.439 e. The summed E-state index contributed by atoms with van der Waals surface area (Å²) in [6.07, 6.45) is 2.34. The summed E-state index contributed by atoms with van der Waals surface area (Å²) in [6.45, 7) is 0.641. The minimum atomic E-state index is -4.15. The first-order chi connectivity index (χ1) is 21.5. The van der Waals surface area contributed by atoms with E-state index in [-0.39, 0.29) is 30.5 Å². The largest absolute Gasteiger partial charge is 0.439 e. The van der Waals surface area contributed by atoms with Crippen molar-refractivity contribution >= 4 is 43.4 Å². The molecular formula is C33H32N2O7S3. The van der Waals surface area contributed by atoms with Crippen LogP contribution in [0, 0.1) is 0 Å². The number of rotatable bonds is 11. The van der Waals surface area contributed by atoms with Gasteiger partial charge in [-0.25, -0.2) is 0 Å². The van der Waals surface area contributed by atoms with Gasteiger partial charge in [0, 0.05) is 24.1 Å². The van der Waals surface area contributed by atoms with Gasteiger partial charge in [0.05, 0.1) is 22.9 Å². The first-order valence-electron chi connectivity index (χ1n) is 14.4. The lowest BCUT2D eigenvalue weighted by atomic mass is 10.0. The summed E-state index contributed by atoms with van der Waals surface area (Å²) in [5.74, 6) is 0.381. The maximum atomic E-state index is 11.6. The molecule has 234 valence electrons. The lowest BCUT2D eigenvalue weighted by Gasteiger charge is -2.26. The second-order valence-corrected chi connectivity index (χ2v) is 15.1. The van der Waals surface area contributed by atoms with E-state index in [9.17, 15) is 25.9 Å². The Bertz CT molecular complexity index is 1930. The van der Waals surface area contributed by atoms with E-state index in [1.165, 1.54) is 0 Å². The summed E-state index contributed by atoms with van der Waals surface area (Å²) >= 11 is 1.60. The van der Waals surface area contributed by atoms with Crippen LogP contribution >= 0.6 is 11.8 Å². The van der Waals surface area contributed by atoms with Gasteiger partial charge in [0.1, 0.15) is 5.37 Å². The van der Waals surface area contributed by atoms with E-state index in [1.807, 2.05) is 89.8 Å². The van der Waals surface area contributed by atoms with Gasteiger partial charge in [-0.3, -0.25) is 9.11 Å². The van der Waals surface area contributed by atoms with Crippen LogP contribution in [0.4, 0.5) is 11.4 Å². The van der Waals surface area contributed by atoms with Crippen LogP contribution in [0.2, 0.25) is 0 Å². The van der Waals surface area contributed by atoms with Crippen LogP contribution in [0.25, 0.3) is 22.3 Å². The number of nitrogens with zero attached hydrogens (tertiary/aromatic N) is 2. The van der Waals surface area contributed by atoms with Gasteiger partial charge in [-0.05, 0) is 59.4 Å². The normalized spacial score (nSPS) is 16.9.